The molecule has 2 unspecified atom stereocenters. The summed E-state index contributed by atoms with van der Waals surface area (Å²) in [5.74, 6) is 0.971. The zero-order chi connectivity index (χ0) is 29.0. The second-order valence-corrected chi connectivity index (χ2v) is 12.4. The fraction of sp³-hybridized carbons (Fsp3) is 0.515. The quantitative estimate of drug-likeness (QED) is 0.418. The number of aliphatic imine (C=N–C) groups is 1. The van der Waals surface area contributed by atoms with Gasteiger partial charge in [0.05, 0.1) is 11.6 Å². The summed E-state index contributed by atoms with van der Waals surface area (Å²) < 4.78 is 6.21. The Hall–Kier alpha value is -2.87. The van der Waals surface area contributed by atoms with E-state index in [-0.39, 0.29) is 24.0 Å². The normalized spacial score (nSPS) is 25.1. The van der Waals surface area contributed by atoms with Gasteiger partial charge in [-0.1, -0.05) is 41.5 Å². The van der Waals surface area contributed by atoms with Crippen molar-refractivity contribution < 1.29 is 14.6 Å². The summed E-state index contributed by atoms with van der Waals surface area (Å²) >= 11 is 6.17. The molecule has 1 aromatic carbocycles. The van der Waals surface area contributed by atoms with Crippen molar-refractivity contribution in [3.05, 3.63) is 70.3 Å². The Balaban J connectivity index is 1.30. The molecule has 0 spiro atoms. The van der Waals surface area contributed by atoms with E-state index in [1.165, 1.54) is 11.1 Å². The van der Waals surface area contributed by atoms with Crippen molar-refractivity contribution in [1.82, 2.24) is 15.1 Å². The highest BCUT2D eigenvalue weighted by Crippen LogP contribution is 2.41. The summed E-state index contributed by atoms with van der Waals surface area (Å²) in [5, 5.41) is 14.6. The number of carbonyl (C=O) groups excluding carboxylic acids is 1. The molecule has 0 bridgehead atoms. The van der Waals surface area contributed by atoms with Gasteiger partial charge in [-0.25, -0.2) is 4.79 Å². The number of allylic oxidation sites excluding steroid dienone is 4. The molecule has 2 N–H and O–H groups in total. The average Bonchev–Trinajstić information content (AvgIpc) is 3.36. The van der Waals surface area contributed by atoms with Crippen molar-refractivity contribution in [3.8, 4) is 5.75 Å². The summed E-state index contributed by atoms with van der Waals surface area (Å²) in [6.45, 7) is 10.1. The van der Waals surface area contributed by atoms with Crippen LogP contribution in [0.2, 0.25) is 0 Å². The number of likely N-dealkylation sites (tertiary alicyclic amines) is 1. The van der Waals surface area contributed by atoms with E-state index in [0.717, 1.165) is 67.2 Å². The number of urea groups is 1. The van der Waals surface area contributed by atoms with Gasteiger partial charge in [-0.15, -0.1) is 0 Å². The van der Waals surface area contributed by atoms with Crippen molar-refractivity contribution in [2.45, 2.75) is 64.1 Å². The third-order valence-corrected chi connectivity index (χ3v) is 8.82. The third kappa shape index (κ3) is 7.14. The van der Waals surface area contributed by atoms with Gasteiger partial charge in [0.25, 0.3) is 0 Å². The van der Waals surface area contributed by atoms with E-state index in [9.17, 15) is 9.90 Å². The number of rotatable bonds is 8. The van der Waals surface area contributed by atoms with Crippen molar-refractivity contribution in [2.75, 3.05) is 39.3 Å². The minimum Gasteiger partial charge on any atom is -0.491 e. The number of carbonyl (C=O) groups is 1. The van der Waals surface area contributed by atoms with Crippen molar-refractivity contribution >= 4 is 29.4 Å². The molecule has 1 saturated heterocycles. The number of amides is 2. The van der Waals surface area contributed by atoms with Crippen molar-refractivity contribution in [2.24, 2.45) is 10.9 Å². The van der Waals surface area contributed by atoms with Gasteiger partial charge >= 0.3 is 6.03 Å². The topological polar surface area (TPSA) is 77.4 Å². The van der Waals surface area contributed by atoms with Gasteiger partial charge in [0, 0.05) is 61.5 Å². The maximum Gasteiger partial charge on any atom is 0.317 e. The van der Waals surface area contributed by atoms with Crippen LogP contribution in [0.25, 0.3) is 5.57 Å². The monoisotopic (exact) mass is 578 g/mol. The second-order valence-electron chi connectivity index (χ2n) is 12.0. The van der Waals surface area contributed by atoms with E-state index in [4.69, 9.17) is 21.3 Å². The Bertz CT molecular complexity index is 1280. The van der Waals surface area contributed by atoms with E-state index >= 15 is 0 Å². The Morgan fingerprint density at radius 1 is 1.32 bits per heavy atom. The van der Waals surface area contributed by atoms with Crippen LogP contribution in [0.4, 0.5) is 4.79 Å². The van der Waals surface area contributed by atoms with Crippen molar-refractivity contribution in [1.29, 1.82) is 0 Å². The second kappa shape index (κ2) is 13.0. The maximum absolute atomic E-state index is 13.0. The molecular weight excluding hydrogens is 536 g/mol. The Kier molecular flexibility index (Phi) is 9.37. The van der Waals surface area contributed by atoms with Crippen LogP contribution in [0.3, 0.4) is 0 Å². The fourth-order valence-corrected chi connectivity index (χ4v) is 6.33. The molecule has 3 aliphatic heterocycles. The van der Waals surface area contributed by atoms with Gasteiger partial charge in [0.2, 0.25) is 0 Å². The smallest absolute Gasteiger partial charge is 0.317 e. The lowest BCUT2D eigenvalue weighted by atomic mass is 9.84. The molecule has 8 heteroatoms. The summed E-state index contributed by atoms with van der Waals surface area (Å²) in [4.78, 5) is 22.3. The Morgan fingerprint density at radius 2 is 2.17 bits per heavy atom. The number of dihydropyridines is 1. The Morgan fingerprint density at radius 3 is 2.93 bits per heavy atom. The highest BCUT2D eigenvalue weighted by Gasteiger charge is 2.33. The van der Waals surface area contributed by atoms with E-state index in [1.54, 1.807) is 0 Å². The van der Waals surface area contributed by atoms with Gasteiger partial charge < -0.3 is 25.0 Å². The first-order chi connectivity index (χ1) is 19.7. The predicted molar refractivity (Wildman–Crippen MR) is 167 cm³/mol. The lowest BCUT2D eigenvalue weighted by molar-refractivity contribution is 0.0785. The molecular formula is C33H43ClN4O3. The number of benzene rings is 1. The maximum atomic E-state index is 13.0. The number of hydrogen-bond donors (Lipinski definition) is 2. The molecule has 1 aliphatic carbocycles. The SMILES string of the molecule is CCNC(=O)N(CC1=CC=C(Cl)CC1)[C@H]1CCN(CC/C=C2/c3cc(C(C)(C)O)ccc3OCC3N=CC=CC23)C1. The highest BCUT2D eigenvalue weighted by atomic mass is 35.5. The summed E-state index contributed by atoms with van der Waals surface area (Å²) in [6, 6.07) is 6.23. The largest absolute Gasteiger partial charge is 0.491 e. The number of fused-ring (bicyclic) bond motifs is 2. The van der Waals surface area contributed by atoms with Crippen LogP contribution in [0.15, 0.2) is 64.2 Å². The first-order valence-corrected chi connectivity index (χ1v) is 15.3. The molecule has 5 rings (SSSR count). The third-order valence-electron chi connectivity index (χ3n) is 8.51. The van der Waals surface area contributed by atoms with Crippen LogP contribution in [-0.2, 0) is 5.60 Å². The molecule has 4 aliphatic rings. The van der Waals surface area contributed by atoms with Gasteiger partial charge in [-0.2, -0.15) is 0 Å². The zero-order valence-corrected chi connectivity index (χ0v) is 25.2. The molecule has 2 amide bonds. The summed E-state index contributed by atoms with van der Waals surface area (Å²) in [6.07, 6.45) is 16.1. The number of hydrogen-bond acceptors (Lipinski definition) is 5. The minimum absolute atomic E-state index is 0.0105. The van der Waals surface area contributed by atoms with Gasteiger partial charge in [-0.3, -0.25) is 4.99 Å². The molecule has 0 radical (unpaired) electrons. The molecule has 1 fully saturated rings. The number of ether oxygens (including phenoxy) is 1. The van der Waals surface area contributed by atoms with Crippen LogP contribution in [-0.4, -0.2) is 78.6 Å². The van der Waals surface area contributed by atoms with E-state index in [0.29, 0.717) is 19.7 Å². The zero-order valence-electron chi connectivity index (χ0n) is 24.5. The van der Waals surface area contributed by atoms with Gasteiger partial charge in [0.1, 0.15) is 12.4 Å². The first-order valence-electron chi connectivity index (χ1n) is 14.9. The van der Waals surface area contributed by atoms with Gasteiger partial charge in [0.15, 0.2) is 0 Å². The highest BCUT2D eigenvalue weighted by molar-refractivity contribution is 6.29. The number of halogens is 1. The molecule has 7 nitrogen and oxygen atoms in total. The first kappa shape index (κ1) is 29.6. The molecule has 3 atom stereocenters. The number of nitrogens with zero attached hydrogens (tertiary/aromatic N) is 3. The molecule has 220 valence electrons. The standard InChI is InChI=1S/C33H43ClN4O3/c1-4-35-32(39)38(20-23-9-12-25(34)13-10-23)26-15-18-37(21-26)17-6-8-27-28-7-5-16-36-30(28)22-41-31-14-11-24(19-29(27)31)33(2,3)40/h5,7-9,11-12,14,16,19,26,28,30,40H,4,6,10,13,15,17-18,20-22H2,1-3H3,(H,35,39)/b27-8+/t26-,28?,30?/m0/s1. The average molecular weight is 579 g/mol. The molecule has 41 heavy (non-hydrogen) atoms. The minimum atomic E-state index is -0.941. The summed E-state index contributed by atoms with van der Waals surface area (Å²) in [7, 11) is 0. The van der Waals surface area contributed by atoms with Crippen LogP contribution in [0.5, 0.6) is 5.75 Å². The summed E-state index contributed by atoms with van der Waals surface area (Å²) in [5.41, 5.74) is 3.42. The molecule has 1 aromatic rings. The van der Waals surface area contributed by atoms with Crippen LogP contribution < -0.4 is 10.1 Å². The Labute approximate surface area is 249 Å². The van der Waals surface area contributed by atoms with E-state index in [1.807, 2.05) is 56.2 Å². The van der Waals surface area contributed by atoms with Crippen LogP contribution in [0.1, 0.15) is 57.6 Å². The van der Waals surface area contributed by atoms with Gasteiger partial charge in [-0.05, 0) is 81.9 Å². The molecule has 0 aromatic heterocycles. The number of nitrogens with one attached hydrogen (secondary N) is 1. The molecule has 3 heterocycles. The number of aliphatic hydroxyl groups is 1. The van der Waals surface area contributed by atoms with E-state index in [2.05, 4.69) is 34.5 Å². The van der Waals surface area contributed by atoms with Crippen LogP contribution in [0, 0.1) is 5.92 Å². The fourth-order valence-electron chi connectivity index (χ4n) is 6.17. The predicted octanol–water partition coefficient (Wildman–Crippen LogP) is 5.65. The lowest BCUT2D eigenvalue weighted by Gasteiger charge is -2.31. The van der Waals surface area contributed by atoms with Crippen LogP contribution >= 0.6 is 11.6 Å². The molecule has 0 saturated carbocycles. The lowest BCUT2D eigenvalue weighted by Crippen LogP contribution is -2.48. The van der Waals surface area contributed by atoms with E-state index < -0.39 is 5.60 Å². The van der Waals surface area contributed by atoms with Crippen molar-refractivity contribution in [3.63, 3.8) is 0 Å².